The summed E-state index contributed by atoms with van der Waals surface area (Å²) in [5.41, 5.74) is 1.89. The molecule has 0 unspecified atom stereocenters. The van der Waals surface area contributed by atoms with Crippen LogP contribution in [0.15, 0.2) is 66.1 Å². The van der Waals surface area contributed by atoms with Gasteiger partial charge in [-0.25, -0.2) is 14.6 Å². The van der Waals surface area contributed by atoms with Crippen LogP contribution in [0.1, 0.15) is 37.9 Å². The van der Waals surface area contributed by atoms with E-state index in [4.69, 9.17) is 4.74 Å². The Balaban J connectivity index is 1.58. The van der Waals surface area contributed by atoms with E-state index in [-0.39, 0.29) is 18.0 Å². The van der Waals surface area contributed by atoms with Crippen LogP contribution >= 0.6 is 0 Å². The van der Waals surface area contributed by atoms with Gasteiger partial charge in [-0.3, -0.25) is 9.48 Å². The third kappa shape index (κ3) is 5.32. The van der Waals surface area contributed by atoms with Crippen molar-refractivity contribution < 1.29 is 9.84 Å². The minimum Gasteiger partial charge on any atom is -0.487 e. The van der Waals surface area contributed by atoms with Crippen molar-refractivity contribution in [3.63, 3.8) is 0 Å². The molecule has 0 spiro atoms. The van der Waals surface area contributed by atoms with Gasteiger partial charge in [0.25, 0.3) is 0 Å². The van der Waals surface area contributed by atoms with E-state index in [2.05, 4.69) is 20.2 Å². The van der Waals surface area contributed by atoms with E-state index in [1.807, 2.05) is 44.4 Å². The van der Waals surface area contributed by atoms with Crippen LogP contribution in [0.25, 0.3) is 17.1 Å². The second-order valence-corrected chi connectivity index (χ2v) is 8.57. The van der Waals surface area contributed by atoms with Gasteiger partial charge in [0.05, 0.1) is 30.4 Å². The Morgan fingerprint density at radius 1 is 1.15 bits per heavy atom. The van der Waals surface area contributed by atoms with Crippen LogP contribution in [0.2, 0.25) is 0 Å². The number of rotatable bonds is 7. The summed E-state index contributed by atoms with van der Waals surface area (Å²) < 4.78 is 8.85. The summed E-state index contributed by atoms with van der Waals surface area (Å²) in [6, 6.07) is 9.25. The van der Waals surface area contributed by atoms with Crippen LogP contribution in [0, 0.1) is 0 Å². The lowest BCUT2D eigenvalue weighted by Crippen LogP contribution is -2.27. The summed E-state index contributed by atoms with van der Waals surface area (Å²) >= 11 is 0. The van der Waals surface area contributed by atoms with Crippen LogP contribution < -0.4 is 10.2 Å². The molecule has 4 aromatic rings. The molecule has 0 aliphatic heterocycles. The summed E-state index contributed by atoms with van der Waals surface area (Å²) in [6.07, 6.45) is 8.32. The van der Waals surface area contributed by atoms with Crippen LogP contribution in [0.3, 0.4) is 0 Å². The molecule has 0 fully saturated rings. The van der Waals surface area contributed by atoms with Crippen LogP contribution in [0.5, 0.6) is 5.75 Å². The average molecular weight is 447 g/mol. The lowest BCUT2D eigenvalue weighted by molar-refractivity contribution is 0.0282. The molecule has 0 saturated heterocycles. The fourth-order valence-corrected chi connectivity index (χ4v) is 3.30. The molecule has 0 saturated carbocycles. The fraction of sp³-hybridized carbons (Fsp3) is 0.292. The summed E-state index contributed by atoms with van der Waals surface area (Å²) in [6.45, 7) is 5.43. The number of aliphatic hydroxyl groups is 1. The number of ether oxygens (including phenoxy) is 1. The van der Waals surface area contributed by atoms with Crippen molar-refractivity contribution in [2.24, 2.45) is 7.05 Å². The minimum atomic E-state index is -0.940. The largest absolute Gasteiger partial charge is 0.487 e. The van der Waals surface area contributed by atoms with E-state index >= 15 is 0 Å². The van der Waals surface area contributed by atoms with Crippen molar-refractivity contribution >= 4 is 0 Å². The third-order valence-corrected chi connectivity index (χ3v) is 5.07. The monoisotopic (exact) mass is 446 g/mol. The first-order valence-corrected chi connectivity index (χ1v) is 10.6. The van der Waals surface area contributed by atoms with Gasteiger partial charge in [-0.05, 0) is 25.5 Å². The molecule has 9 nitrogen and oxygen atoms in total. The number of hydrogen-bond donors (Lipinski definition) is 1. The molecule has 0 amide bonds. The second-order valence-electron chi connectivity index (χ2n) is 8.57. The van der Waals surface area contributed by atoms with Crippen molar-refractivity contribution in [1.82, 2.24) is 29.5 Å². The topological polar surface area (TPSA) is 108 Å². The maximum absolute atomic E-state index is 12.6. The van der Waals surface area contributed by atoms with E-state index in [1.54, 1.807) is 48.0 Å². The second kappa shape index (κ2) is 8.95. The van der Waals surface area contributed by atoms with E-state index in [0.29, 0.717) is 17.3 Å². The SMILES string of the molecule is C[C@H](c1cccc(-c2ncc(OCC(C)(C)O)cn2)c1)c1nn(-c2cnn(C)c2)ccc1=O. The van der Waals surface area contributed by atoms with Gasteiger partial charge in [-0.2, -0.15) is 10.2 Å². The molecule has 1 atom stereocenters. The van der Waals surface area contributed by atoms with Crippen LogP contribution in [-0.4, -0.2) is 46.8 Å². The Morgan fingerprint density at radius 3 is 2.58 bits per heavy atom. The van der Waals surface area contributed by atoms with Crippen LogP contribution in [-0.2, 0) is 7.05 Å². The quantitative estimate of drug-likeness (QED) is 0.465. The van der Waals surface area contributed by atoms with Gasteiger partial charge in [0.15, 0.2) is 11.6 Å². The van der Waals surface area contributed by atoms with Gasteiger partial charge in [-0.1, -0.05) is 25.1 Å². The molecule has 0 bridgehead atoms. The molecule has 4 rings (SSSR count). The third-order valence-electron chi connectivity index (χ3n) is 5.07. The smallest absolute Gasteiger partial charge is 0.203 e. The highest BCUT2D eigenvalue weighted by molar-refractivity contribution is 5.57. The maximum Gasteiger partial charge on any atom is 0.203 e. The van der Waals surface area contributed by atoms with Crippen molar-refractivity contribution in [2.75, 3.05) is 6.61 Å². The molecule has 1 aromatic carbocycles. The molecule has 0 aliphatic rings. The summed E-state index contributed by atoms with van der Waals surface area (Å²) in [7, 11) is 1.83. The standard InChI is InChI=1S/C24H26N6O3/c1-16(22-21(31)8-9-30(28-22)19-11-27-29(4)14-19)17-6-5-7-18(10-17)23-25-12-20(13-26-23)33-15-24(2,3)32/h5-14,16,32H,15H2,1-4H3/t16-/m1/s1. The Morgan fingerprint density at radius 2 is 1.91 bits per heavy atom. The first-order chi connectivity index (χ1) is 15.7. The predicted octanol–water partition coefficient (Wildman–Crippen LogP) is 2.72. The molecule has 33 heavy (non-hydrogen) atoms. The average Bonchev–Trinajstić information content (AvgIpc) is 3.24. The van der Waals surface area contributed by atoms with Gasteiger partial charge in [-0.15, -0.1) is 0 Å². The molecule has 0 aliphatic carbocycles. The van der Waals surface area contributed by atoms with Crippen molar-refractivity contribution in [1.29, 1.82) is 0 Å². The molecular formula is C24H26N6O3. The van der Waals surface area contributed by atoms with Gasteiger partial charge >= 0.3 is 0 Å². The highest BCUT2D eigenvalue weighted by Gasteiger charge is 2.17. The maximum atomic E-state index is 12.6. The Hall–Kier alpha value is -3.85. The zero-order chi connectivity index (χ0) is 23.6. The number of hydrogen-bond acceptors (Lipinski definition) is 7. The fourth-order valence-electron chi connectivity index (χ4n) is 3.30. The number of aromatic nitrogens is 6. The molecule has 3 heterocycles. The van der Waals surface area contributed by atoms with Gasteiger partial charge in [0.1, 0.15) is 18.0 Å². The molecule has 1 N–H and O–H groups in total. The van der Waals surface area contributed by atoms with Gasteiger partial charge in [0.2, 0.25) is 5.43 Å². The lowest BCUT2D eigenvalue weighted by atomic mass is 9.95. The van der Waals surface area contributed by atoms with Crippen LogP contribution in [0.4, 0.5) is 0 Å². The van der Waals surface area contributed by atoms with Crippen molar-refractivity contribution in [3.05, 3.63) is 82.8 Å². The normalized spacial score (nSPS) is 12.5. The summed E-state index contributed by atoms with van der Waals surface area (Å²) in [4.78, 5) is 21.4. The zero-order valence-electron chi connectivity index (χ0n) is 19.0. The number of benzene rings is 1. The van der Waals surface area contributed by atoms with E-state index in [0.717, 1.165) is 16.8 Å². The predicted molar refractivity (Wildman–Crippen MR) is 123 cm³/mol. The summed E-state index contributed by atoms with van der Waals surface area (Å²) in [5.74, 6) is 0.777. The van der Waals surface area contributed by atoms with Gasteiger partial charge < -0.3 is 9.84 Å². The molecule has 0 radical (unpaired) electrons. The zero-order valence-corrected chi connectivity index (χ0v) is 19.0. The Kier molecular flexibility index (Phi) is 6.06. The Labute approximate surface area is 191 Å². The molecule has 3 aromatic heterocycles. The van der Waals surface area contributed by atoms with Crippen molar-refractivity contribution in [3.8, 4) is 22.8 Å². The molecule has 9 heteroatoms. The minimum absolute atomic E-state index is 0.127. The highest BCUT2D eigenvalue weighted by Crippen LogP contribution is 2.25. The molecule has 170 valence electrons. The number of nitrogens with zero attached hydrogens (tertiary/aromatic N) is 6. The van der Waals surface area contributed by atoms with E-state index in [1.165, 1.54) is 6.07 Å². The van der Waals surface area contributed by atoms with E-state index < -0.39 is 5.60 Å². The Bertz CT molecular complexity index is 1300. The first-order valence-electron chi connectivity index (χ1n) is 10.6. The lowest BCUT2D eigenvalue weighted by Gasteiger charge is -2.17. The summed E-state index contributed by atoms with van der Waals surface area (Å²) in [5, 5.41) is 18.5. The molecular weight excluding hydrogens is 420 g/mol. The van der Waals surface area contributed by atoms with Gasteiger partial charge in [0, 0.05) is 30.8 Å². The highest BCUT2D eigenvalue weighted by atomic mass is 16.5. The first kappa shape index (κ1) is 22.3. The van der Waals surface area contributed by atoms with E-state index in [9.17, 15) is 9.90 Å². The van der Waals surface area contributed by atoms with Crippen molar-refractivity contribution in [2.45, 2.75) is 32.3 Å². The number of aryl methyl sites for hydroxylation is 1.